The molecule has 0 spiro atoms. The molecule has 0 aromatic carbocycles. The number of hydrogen-bond acceptors (Lipinski definition) is 2. The van der Waals surface area contributed by atoms with Gasteiger partial charge in [-0.2, -0.15) is 0 Å². The van der Waals surface area contributed by atoms with Gasteiger partial charge in [0.2, 0.25) is 0 Å². The third kappa shape index (κ3) is 2.42. The van der Waals surface area contributed by atoms with Gasteiger partial charge in [0.15, 0.2) is 0 Å². The summed E-state index contributed by atoms with van der Waals surface area (Å²) in [5, 5.41) is 0. The lowest BCUT2D eigenvalue weighted by molar-refractivity contribution is 0.365. The molecule has 1 heterocycles. The van der Waals surface area contributed by atoms with E-state index in [1.54, 1.807) is 0 Å². The molecule has 0 aromatic heterocycles. The molecule has 1 saturated heterocycles. The average molecular weight is 180 g/mol. The molecule has 2 nitrogen and oxygen atoms in total. The minimum atomic E-state index is 0. The van der Waals surface area contributed by atoms with Crippen LogP contribution in [0.25, 0.3) is 0 Å². The van der Waals surface area contributed by atoms with Crippen molar-refractivity contribution in [3.05, 3.63) is 23.8 Å². The van der Waals surface area contributed by atoms with Crippen LogP contribution in [-0.4, -0.2) is 30.6 Å². The molecule has 0 saturated carbocycles. The number of likely N-dealkylation sites (tertiary alicyclic amines) is 1. The van der Waals surface area contributed by atoms with Crippen LogP contribution in [0.3, 0.4) is 0 Å². The monoisotopic (exact) mass is 180 g/mol. The van der Waals surface area contributed by atoms with E-state index in [2.05, 4.69) is 23.1 Å². The normalized spacial score (nSPS) is 29.3. The van der Waals surface area contributed by atoms with Crippen LogP contribution in [0.2, 0.25) is 0 Å². The standard InChI is InChI=1S/C11H18N2.H2/c12-11-6-7-13(9-11)8-10-4-2-1-3-5-10;/h2,4-5,11H,1,3,6-9,12H2;1H. The maximum absolute atomic E-state index is 5.85. The van der Waals surface area contributed by atoms with Crippen LogP contribution in [0.5, 0.6) is 0 Å². The van der Waals surface area contributed by atoms with E-state index in [1.165, 1.54) is 25.0 Å². The second kappa shape index (κ2) is 4.07. The summed E-state index contributed by atoms with van der Waals surface area (Å²) in [7, 11) is 0. The molecule has 1 aliphatic heterocycles. The molecule has 74 valence electrons. The van der Waals surface area contributed by atoms with Gasteiger partial charge in [0.25, 0.3) is 0 Å². The van der Waals surface area contributed by atoms with Crippen LogP contribution >= 0.6 is 0 Å². The van der Waals surface area contributed by atoms with Crippen LogP contribution in [-0.2, 0) is 0 Å². The molecule has 0 radical (unpaired) electrons. The molecule has 2 N–H and O–H groups in total. The van der Waals surface area contributed by atoms with Crippen molar-refractivity contribution in [1.82, 2.24) is 4.90 Å². The Labute approximate surface area is 81.6 Å². The predicted octanol–water partition coefficient (Wildman–Crippen LogP) is 1.54. The fourth-order valence-corrected chi connectivity index (χ4v) is 2.05. The summed E-state index contributed by atoms with van der Waals surface area (Å²) >= 11 is 0. The highest BCUT2D eigenvalue weighted by Gasteiger charge is 2.18. The summed E-state index contributed by atoms with van der Waals surface area (Å²) < 4.78 is 0. The molecule has 0 aromatic rings. The Hall–Kier alpha value is -0.600. The topological polar surface area (TPSA) is 29.3 Å². The van der Waals surface area contributed by atoms with Crippen LogP contribution < -0.4 is 5.73 Å². The van der Waals surface area contributed by atoms with Gasteiger partial charge in [0, 0.05) is 27.1 Å². The number of rotatable bonds is 2. The van der Waals surface area contributed by atoms with Gasteiger partial charge in [0.05, 0.1) is 0 Å². The molecular weight excluding hydrogens is 160 g/mol. The highest BCUT2D eigenvalue weighted by molar-refractivity contribution is 5.23. The molecule has 2 rings (SSSR count). The minimum absolute atomic E-state index is 0. The first-order chi connectivity index (χ1) is 6.34. The molecule has 1 unspecified atom stereocenters. The molecule has 1 aliphatic carbocycles. The van der Waals surface area contributed by atoms with E-state index < -0.39 is 0 Å². The lowest BCUT2D eigenvalue weighted by atomic mass is 10.1. The molecule has 2 aliphatic rings. The minimum Gasteiger partial charge on any atom is -0.326 e. The SMILES string of the molecule is NC1CCN(CC2=CCCC=C2)C1.[HH]. The van der Waals surface area contributed by atoms with E-state index in [0.717, 1.165) is 19.5 Å². The van der Waals surface area contributed by atoms with Crippen molar-refractivity contribution in [3.8, 4) is 0 Å². The zero-order chi connectivity index (χ0) is 9.10. The molecular formula is C11H20N2. The summed E-state index contributed by atoms with van der Waals surface area (Å²) in [6.07, 6.45) is 10.5. The molecule has 0 amide bonds. The Bertz CT molecular complexity index is 235. The van der Waals surface area contributed by atoms with Crippen molar-refractivity contribution < 1.29 is 1.43 Å². The summed E-state index contributed by atoms with van der Waals surface area (Å²) in [4.78, 5) is 2.45. The molecule has 2 heteroatoms. The Morgan fingerprint density at radius 1 is 1.54 bits per heavy atom. The maximum atomic E-state index is 5.85. The largest absolute Gasteiger partial charge is 0.326 e. The van der Waals surface area contributed by atoms with Gasteiger partial charge in [-0.25, -0.2) is 0 Å². The molecule has 1 fully saturated rings. The van der Waals surface area contributed by atoms with Crippen molar-refractivity contribution in [1.29, 1.82) is 0 Å². The quantitative estimate of drug-likeness (QED) is 0.698. The fourth-order valence-electron chi connectivity index (χ4n) is 2.05. The maximum Gasteiger partial charge on any atom is 0.0231 e. The zero-order valence-corrected chi connectivity index (χ0v) is 8.08. The highest BCUT2D eigenvalue weighted by Crippen LogP contribution is 2.14. The van der Waals surface area contributed by atoms with Gasteiger partial charge in [-0.1, -0.05) is 18.2 Å². The van der Waals surface area contributed by atoms with Crippen molar-refractivity contribution in [2.45, 2.75) is 25.3 Å². The van der Waals surface area contributed by atoms with Crippen LogP contribution in [0.1, 0.15) is 20.7 Å². The van der Waals surface area contributed by atoms with E-state index in [4.69, 9.17) is 5.73 Å². The molecule has 0 bridgehead atoms. The Kier molecular flexibility index (Phi) is 2.81. The van der Waals surface area contributed by atoms with Gasteiger partial charge in [-0.05, 0) is 24.8 Å². The van der Waals surface area contributed by atoms with E-state index in [-0.39, 0.29) is 1.43 Å². The lowest BCUT2D eigenvalue weighted by Gasteiger charge is -2.17. The highest BCUT2D eigenvalue weighted by atomic mass is 15.2. The smallest absolute Gasteiger partial charge is 0.0231 e. The van der Waals surface area contributed by atoms with Crippen molar-refractivity contribution in [2.24, 2.45) is 5.73 Å². The van der Waals surface area contributed by atoms with E-state index in [1.807, 2.05) is 0 Å². The van der Waals surface area contributed by atoms with E-state index in [9.17, 15) is 0 Å². The Morgan fingerprint density at radius 3 is 3.08 bits per heavy atom. The van der Waals surface area contributed by atoms with Crippen molar-refractivity contribution in [3.63, 3.8) is 0 Å². The number of allylic oxidation sites excluding steroid dienone is 2. The fraction of sp³-hybridized carbons (Fsp3) is 0.636. The van der Waals surface area contributed by atoms with Gasteiger partial charge < -0.3 is 5.73 Å². The van der Waals surface area contributed by atoms with Crippen LogP contribution in [0.15, 0.2) is 23.8 Å². The van der Waals surface area contributed by atoms with Crippen molar-refractivity contribution >= 4 is 0 Å². The second-order valence-corrected chi connectivity index (χ2v) is 4.04. The first-order valence-corrected chi connectivity index (χ1v) is 5.18. The van der Waals surface area contributed by atoms with Crippen LogP contribution in [0, 0.1) is 0 Å². The summed E-state index contributed by atoms with van der Waals surface area (Å²) in [5.74, 6) is 0. The van der Waals surface area contributed by atoms with E-state index >= 15 is 0 Å². The van der Waals surface area contributed by atoms with Gasteiger partial charge >= 0.3 is 0 Å². The lowest BCUT2D eigenvalue weighted by Crippen LogP contribution is -2.28. The number of nitrogens with two attached hydrogens (primary N) is 1. The third-order valence-electron chi connectivity index (χ3n) is 2.79. The average Bonchev–Trinajstić information content (AvgIpc) is 2.53. The van der Waals surface area contributed by atoms with Gasteiger partial charge in [-0.3, -0.25) is 4.90 Å². The first kappa shape index (κ1) is 8.97. The van der Waals surface area contributed by atoms with Gasteiger partial charge in [-0.15, -0.1) is 0 Å². The number of nitrogens with zero attached hydrogens (tertiary/aromatic N) is 1. The molecule has 1 atom stereocenters. The Balaban J connectivity index is 0.000000980. The first-order valence-electron chi connectivity index (χ1n) is 5.18. The second-order valence-electron chi connectivity index (χ2n) is 4.04. The third-order valence-corrected chi connectivity index (χ3v) is 2.79. The van der Waals surface area contributed by atoms with Gasteiger partial charge in [0.1, 0.15) is 0 Å². The van der Waals surface area contributed by atoms with Crippen molar-refractivity contribution in [2.75, 3.05) is 19.6 Å². The van der Waals surface area contributed by atoms with E-state index in [0.29, 0.717) is 6.04 Å². The summed E-state index contributed by atoms with van der Waals surface area (Å²) in [6, 6.07) is 0.410. The summed E-state index contributed by atoms with van der Waals surface area (Å²) in [5.41, 5.74) is 7.32. The van der Waals surface area contributed by atoms with Crippen LogP contribution in [0.4, 0.5) is 0 Å². The Morgan fingerprint density at radius 2 is 2.46 bits per heavy atom. The molecule has 13 heavy (non-hydrogen) atoms. The zero-order valence-electron chi connectivity index (χ0n) is 8.08. The predicted molar refractivity (Wildman–Crippen MR) is 57.6 cm³/mol. The summed E-state index contributed by atoms with van der Waals surface area (Å²) in [6.45, 7) is 3.35. The number of hydrogen-bond donors (Lipinski definition) is 1.